The van der Waals surface area contributed by atoms with Gasteiger partial charge in [-0.15, -0.1) is 0 Å². The Kier molecular flexibility index (Phi) is 6.04. The molecule has 0 aliphatic carbocycles. The van der Waals surface area contributed by atoms with Gasteiger partial charge in [-0.1, -0.05) is 0 Å². The monoisotopic (exact) mass is 274 g/mol. The first-order valence-electron chi connectivity index (χ1n) is 6.34. The first-order valence-corrected chi connectivity index (χ1v) is 6.34. The van der Waals surface area contributed by atoms with E-state index >= 15 is 0 Å². The van der Waals surface area contributed by atoms with Gasteiger partial charge in [-0.25, -0.2) is 4.79 Å². The van der Waals surface area contributed by atoms with Crippen LogP contribution in [-0.2, 0) is 14.3 Å². The molecule has 0 aromatic heterocycles. The van der Waals surface area contributed by atoms with E-state index in [-0.39, 0.29) is 19.2 Å². The predicted octanol–water partition coefficient (Wildman–Crippen LogP) is 0.106. The normalized spacial score (nSPS) is 22.3. The van der Waals surface area contributed by atoms with Crippen molar-refractivity contribution in [2.45, 2.75) is 13.0 Å². The van der Waals surface area contributed by atoms with Crippen LogP contribution in [0.25, 0.3) is 0 Å². The summed E-state index contributed by atoms with van der Waals surface area (Å²) in [6.45, 7) is 3.63. The van der Waals surface area contributed by atoms with Gasteiger partial charge in [-0.2, -0.15) is 0 Å². The van der Waals surface area contributed by atoms with Crippen molar-refractivity contribution in [1.29, 1.82) is 0 Å². The van der Waals surface area contributed by atoms with Crippen LogP contribution in [0.5, 0.6) is 0 Å². The summed E-state index contributed by atoms with van der Waals surface area (Å²) in [7, 11) is 3.25. The molecule has 1 saturated heterocycles. The SMILES string of the molecule is CCN(C(=O)N(C)CCOC)C1COCC1C(=O)O. The lowest BCUT2D eigenvalue weighted by molar-refractivity contribution is -0.142. The van der Waals surface area contributed by atoms with E-state index in [9.17, 15) is 9.59 Å². The maximum atomic E-state index is 12.3. The molecule has 7 nitrogen and oxygen atoms in total. The Hall–Kier alpha value is -1.34. The maximum absolute atomic E-state index is 12.3. The van der Waals surface area contributed by atoms with Crippen molar-refractivity contribution in [2.24, 2.45) is 5.92 Å². The summed E-state index contributed by atoms with van der Waals surface area (Å²) in [5.41, 5.74) is 0. The van der Waals surface area contributed by atoms with Crippen molar-refractivity contribution in [1.82, 2.24) is 9.80 Å². The van der Waals surface area contributed by atoms with E-state index in [2.05, 4.69) is 0 Å². The van der Waals surface area contributed by atoms with Crippen molar-refractivity contribution in [2.75, 3.05) is 47.1 Å². The quantitative estimate of drug-likeness (QED) is 0.743. The molecule has 0 spiro atoms. The number of nitrogens with zero attached hydrogens (tertiary/aromatic N) is 2. The summed E-state index contributed by atoms with van der Waals surface area (Å²) in [6, 6.07) is -0.596. The van der Waals surface area contributed by atoms with E-state index in [0.717, 1.165) is 0 Å². The molecule has 2 amide bonds. The van der Waals surface area contributed by atoms with E-state index in [1.807, 2.05) is 6.92 Å². The number of carboxylic acid groups (broad SMARTS) is 1. The van der Waals surface area contributed by atoms with Crippen molar-refractivity contribution in [3.8, 4) is 0 Å². The van der Waals surface area contributed by atoms with Crippen molar-refractivity contribution in [3.63, 3.8) is 0 Å². The van der Waals surface area contributed by atoms with Crippen LogP contribution >= 0.6 is 0 Å². The van der Waals surface area contributed by atoms with Gasteiger partial charge in [0.2, 0.25) is 0 Å². The molecule has 19 heavy (non-hydrogen) atoms. The molecular weight excluding hydrogens is 252 g/mol. The molecule has 110 valence electrons. The number of urea groups is 1. The Bertz CT molecular complexity index is 323. The van der Waals surface area contributed by atoms with Crippen LogP contribution in [0.3, 0.4) is 0 Å². The lowest BCUT2D eigenvalue weighted by Crippen LogP contribution is -2.51. The number of likely N-dealkylation sites (N-methyl/N-ethyl adjacent to an activating group) is 2. The number of carbonyl (C=O) groups is 2. The fourth-order valence-electron chi connectivity index (χ4n) is 2.14. The molecule has 2 atom stereocenters. The second-order valence-electron chi connectivity index (χ2n) is 4.53. The summed E-state index contributed by atoms with van der Waals surface area (Å²) in [4.78, 5) is 26.5. The minimum Gasteiger partial charge on any atom is -0.481 e. The third-order valence-electron chi connectivity index (χ3n) is 3.31. The number of carboxylic acids is 1. The summed E-state index contributed by atoms with van der Waals surface area (Å²) in [6.07, 6.45) is 0. The Morgan fingerprint density at radius 2 is 2.11 bits per heavy atom. The Morgan fingerprint density at radius 1 is 1.42 bits per heavy atom. The fraction of sp³-hybridized carbons (Fsp3) is 0.833. The highest BCUT2D eigenvalue weighted by molar-refractivity contribution is 5.77. The molecule has 0 radical (unpaired) electrons. The van der Waals surface area contributed by atoms with Crippen LogP contribution in [0.15, 0.2) is 0 Å². The summed E-state index contributed by atoms with van der Waals surface area (Å²) in [5, 5.41) is 9.14. The summed E-state index contributed by atoms with van der Waals surface area (Å²) < 4.78 is 10.1. The topological polar surface area (TPSA) is 79.3 Å². The molecular formula is C12H22N2O5. The molecule has 1 rings (SSSR count). The smallest absolute Gasteiger partial charge is 0.320 e. The van der Waals surface area contributed by atoms with E-state index in [4.69, 9.17) is 14.6 Å². The zero-order chi connectivity index (χ0) is 14.4. The van der Waals surface area contributed by atoms with Gasteiger partial charge in [0.25, 0.3) is 0 Å². The van der Waals surface area contributed by atoms with Crippen LogP contribution < -0.4 is 0 Å². The average Bonchev–Trinajstić information content (AvgIpc) is 2.86. The molecule has 1 aliphatic heterocycles. The fourth-order valence-corrected chi connectivity index (χ4v) is 2.14. The first kappa shape index (κ1) is 15.7. The minimum atomic E-state index is -0.923. The van der Waals surface area contributed by atoms with Gasteiger partial charge in [-0.3, -0.25) is 4.79 Å². The molecule has 0 aromatic carbocycles. The maximum Gasteiger partial charge on any atom is 0.320 e. The minimum absolute atomic E-state index is 0.158. The number of ether oxygens (including phenoxy) is 2. The Labute approximate surface area is 113 Å². The molecule has 1 aliphatic rings. The zero-order valence-corrected chi connectivity index (χ0v) is 11.7. The van der Waals surface area contributed by atoms with Gasteiger partial charge in [-0.05, 0) is 6.92 Å². The number of hydrogen-bond donors (Lipinski definition) is 1. The van der Waals surface area contributed by atoms with Crippen LogP contribution in [0.4, 0.5) is 4.79 Å². The zero-order valence-electron chi connectivity index (χ0n) is 11.7. The highest BCUT2D eigenvalue weighted by Crippen LogP contribution is 2.21. The number of aliphatic carboxylic acids is 1. The molecule has 2 unspecified atom stereocenters. The Morgan fingerprint density at radius 3 is 2.63 bits per heavy atom. The van der Waals surface area contributed by atoms with E-state index < -0.39 is 17.9 Å². The van der Waals surface area contributed by atoms with E-state index in [0.29, 0.717) is 19.7 Å². The molecule has 1 heterocycles. The lowest BCUT2D eigenvalue weighted by Gasteiger charge is -2.32. The molecule has 0 bridgehead atoms. The van der Waals surface area contributed by atoms with Gasteiger partial charge in [0.05, 0.1) is 25.9 Å². The molecule has 0 saturated carbocycles. The van der Waals surface area contributed by atoms with Crippen molar-refractivity contribution < 1.29 is 24.2 Å². The third kappa shape index (κ3) is 3.81. The summed E-state index contributed by atoms with van der Waals surface area (Å²) in [5.74, 6) is -1.58. The van der Waals surface area contributed by atoms with Crippen LogP contribution in [0.2, 0.25) is 0 Å². The van der Waals surface area contributed by atoms with Gasteiger partial charge < -0.3 is 24.4 Å². The standard InChI is InChI=1S/C12H22N2O5/c1-4-14(12(17)13(2)5-6-18-3)10-8-19-7-9(10)11(15)16/h9-10H,4-8H2,1-3H3,(H,15,16). The van der Waals surface area contributed by atoms with Crippen LogP contribution in [0, 0.1) is 5.92 Å². The van der Waals surface area contributed by atoms with Crippen LogP contribution in [0.1, 0.15) is 6.92 Å². The van der Waals surface area contributed by atoms with Crippen molar-refractivity contribution in [3.05, 3.63) is 0 Å². The van der Waals surface area contributed by atoms with Crippen molar-refractivity contribution >= 4 is 12.0 Å². The molecule has 0 aromatic rings. The van der Waals surface area contributed by atoms with Gasteiger partial charge in [0, 0.05) is 27.2 Å². The largest absolute Gasteiger partial charge is 0.481 e. The van der Waals surface area contributed by atoms with E-state index in [1.54, 1.807) is 19.1 Å². The molecule has 7 heteroatoms. The second-order valence-corrected chi connectivity index (χ2v) is 4.53. The number of amides is 2. The third-order valence-corrected chi connectivity index (χ3v) is 3.31. The number of methoxy groups -OCH3 is 1. The average molecular weight is 274 g/mol. The predicted molar refractivity (Wildman–Crippen MR) is 68.0 cm³/mol. The number of hydrogen-bond acceptors (Lipinski definition) is 4. The number of rotatable bonds is 6. The van der Waals surface area contributed by atoms with Gasteiger partial charge in [0.1, 0.15) is 5.92 Å². The van der Waals surface area contributed by atoms with E-state index in [1.165, 1.54) is 4.90 Å². The highest BCUT2D eigenvalue weighted by atomic mass is 16.5. The number of carbonyl (C=O) groups excluding carboxylic acids is 1. The lowest BCUT2D eigenvalue weighted by atomic mass is 10.0. The van der Waals surface area contributed by atoms with Crippen LogP contribution in [-0.4, -0.2) is 80.0 Å². The summed E-state index contributed by atoms with van der Waals surface area (Å²) >= 11 is 0. The van der Waals surface area contributed by atoms with Gasteiger partial charge in [0.15, 0.2) is 0 Å². The molecule has 1 fully saturated rings. The Balaban J connectivity index is 2.70. The first-order chi connectivity index (χ1) is 9.02. The van der Waals surface area contributed by atoms with Gasteiger partial charge >= 0.3 is 12.0 Å². The molecule has 1 N–H and O–H groups in total. The second kappa shape index (κ2) is 7.30. The highest BCUT2D eigenvalue weighted by Gasteiger charge is 2.40.